The molecule has 51 heavy (non-hydrogen) atoms. The summed E-state index contributed by atoms with van der Waals surface area (Å²) in [5.41, 5.74) is 5.47. The molecule has 0 bridgehead atoms. The van der Waals surface area contributed by atoms with Crippen molar-refractivity contribution < 1.29 is 33.7 Å². The van der Waals surface area contributed by atoms with Crippen LogP contribution in [0.25, 0.3) is 0 Å². The van der Waals surface area contributed by atoms with Crippen LogP contribution in [0.3, 0.4) is 0 Å². The van der Waals surface area contributed by atoms with Crippen molar-refractivity contribution in [2.45, 2.75) is 199 Å². The fourth-order valence-electron chi connectivity index (χ4n) is 6.09. The van der Waals surface area contributed by atoms with Gasteiger partial charge in [-0.3, -0.25) is 14.4 Å². The molecule has 0 saturated carbocycles. The van der Waals surface area contributed by atoms with Gasteiger partial charge in [-0.25, -0.2) is 0 Å². The Hall–Kier alpha value is -1.75. The molecule has 0 heterocycles. The molecule has 2 unspecified atom stereocenters. The smallest absolute Gasteiger partial charge is 0.240 e. The molecule has 5 N–H and O–H groups in total. The Kier molecular flexibility index (Phi) is 38.1. The Morgan fingerprint density at radius 1 is 0.569 bits per heavy atom. The van der Waals surface area contributed by atoms with Crippen LogP contribution in [0.15, 0.2) is 0 Å². The van der Waals surface area contributed by atoms with Gasteiger partial charge < -0.3 is 35.7 Å². The van der Waals surface area contributed by atoms with E-state index < -0.39 is 17.9 Å². The van der Waals surface area contributed by atoms with Crippen LogP contribution in [0.1, 0.15) is 187 Å². The molecule has 0 saturated heterocycles. The SMILES string of the molecule is CCCCCCCCCCCCCCOCC(CNC(=O)CCC(NC(=O)CCOCCO)C(N)=O)OCCCCCCCCCCCCCC. The maximum Gasteiger partial charge on any atom is 0.240 e. The van der Waals surface area contributed by atoms with Crippen molar-refractivity contribution in [3.05, 3.63) is 0 Å². The van der Waals surface area contributed by atoms with Crippen LogP contribution in [-0.4, -0.2) is 81.2 Å². The molecule has 0 aromatic heterocycles. The average molecular weight is 728 g/mol. The topological polar surface area (TPSA) is 149 Å². The summed E-state index contributed by atoms with van der Waals surface area (Å²) in [6.07, 6.45) is 31.0. The van der Waals surface area contributed by atoms with Gasteiger partial charge in [-0.2, -0.15) is 0 Å². The van der Waals surface area contributed by atoms with Crippen LogP contribution in [0.4, 0.5) is 0 Å². The predicted molar refractivity (Wildman–Crippen MR) is 209 cm³/mol. The lowest BCUT2D eigenvalue weighted by Crippen LogP contribution is -2.45. The lowest BCUT2D eigenvalue weighted by molar-refractivity contribution is -0.129. The van der Waals surface area contributed by atoms with E-state index in [0.717, 1.165) is 19.3 Å². The van der Waals surface area contributed by atoms with E-state index in [4.69, 9.17) is 25.1 Å². The van der Waals surface area contributed by atoms with Crippen molar-refractivity contribution in [2.75, 3.05) is 46.2 Å². The van der Waals surface area contributed by atoms with Crippen LogP contribution in [0.2, 0.25) is 0 Å². The number of hydrogen-bond acceptors (Lipinski definition) is 7. The number of unbranched alkanes of at least 4 members (excludes halogenated alkanes) is 22. The molecule has 10 nitrogen and oxygen atoms in total. The number of ether oxygens (including phenoxy) is 3. The van der Waals surface area contributed by atoms with Crippen molar-refractivity contribution >= 4 is 17.7 Å². The van der Waals surface area contributed by atoms with Gasteiger partial charge in [0.05, 0.1) is 32.5 Å². The molecule has 0 aliphatic carbocycles. The second-order valence-electron chi connectivity index (χ2n) is 14.3. The molecule has 0 aliphatic rings. The van der Waals surface area contributed by atoms with Gasteiger partial charge in [0.2, 0.25) is 17.7 Å². The van der Waals surface area contributed by atoms with E-state index in [0.29, 0.717) is 26.4 Å². The van der Waals surface area contributed by atoms with Crippen LogP contribution >= 0.6 is 0 Å². The van der Waals surface area contributed by atoms with Crippen molar-refractivity contribution in [3.8, 4) is 0 Å². The van der Waals surface area contributed by atoms with Gasteiger partial charge in [-0.05, 0) is 19.3 Å². The van der Waals surface area contributed by atoms with Crippen LogP contribution in [0, 0.1) is 0 Å². The fourth-order valence-corrected chi connectivity index (χ4v) is 6.09. The molecular formula is C41H81N3O7. The largest absolute Gasteiger partial charge is 0.394 e. The van der Waals surface area contributed by atoms with E-state index in [1.54, 1.807) is 0 Å². The zero-order valence-corrected chi connectivity index (χ0v) is 33.2. The number of rotatable bonds is 41. The molecule has 0 fully saturated rings. The monoisotopic (exact) mass is 728 g/mol. The van der Waals surface area contributed by atoms with E-state index in [9.17, 15) is 14.4 Å². The third-order valence-electron chi connectivity index (χ3n) is 9.37. The Morgan fingerprint density at radius 3 is 1.51 bits per heavy atom. The molecule has 10 heteroatoms. The zero-order chi connectivity index (χ0) is 37.5. The number of nitrogens with two attached hydrogens (primary N) is 1. The molecule has 2 atom stereocenters. The number of carbonyl (C=O) groups is 3. The van der Waals surface area contributed by atoms with E-state index in [2.05, 4.69) is 24.5 Å². The summed E-state index contributed by atoms with van der Waals surface area (Å²) in [5, 5.41) is 14.3. The maximum absolute atomic E-state index is 12.7. The quantitative estimate of drug-likeness (QED) is 0.0466. The van der Waals surface area contributed by atoms with Gasteiger partial charge in [0.25, 0.3) is 0 Å². The lowest BCUT2D eigenvalue weighted by Gasteiger charge is -2.20. The minimum atomic E-state index is -0.946. The minimum absolute atomic E-state index is 0.0352. The molecule has 0 rings (SSSR count). The molecule has 0 aromatic rings. The second-order valence-corrected chi connectivity index (χ2v) is 14.3. The van der Waals surface area contributed by atoms with Crippen LogP contribution < -0.4 is 16.4 Å². The van der Waals surface area contributed by atoms with Crippen LogP contribution in [0.5, 0.6) is 0 Å². The van der Waals surface area contributed by atoms with Gasteiger partial charge in [-0.15, -0.1) is 0 Å². The van der Waals surface area contributed by atoms with Crippen molar-refractivity contribution in [1.29, 1.82) is 0 Å². The predicted octanol–water partition coefficient (Wildman–Crippen LogP) is 8.06. The first-order chi connectivity index (χ1) is 24.9. The third-order valence-corrected chi connectivity index (χ3v) is 9.37. The standard InChI is InChI=1S/C41H81N3O7/c1-3-5-7-9-11-13-15-17-19-21-23-25-31-50-36-37(51-32-26-24-22-20-18-16-14-12-10-8-6-4-2)35-43-39(46)28-27-38(41(42)48)44-40(47)29-33-49-34-30-45/h37-38,45H,3-36H2,1-2H3,(H2,42,48)(H,43,46)(H,44,47). The number of primary amides is 1. The van der Waals surface area contributed by atoms with Crippen molar-refractivity contribution in [1.82, 2.24) is 10.6 Å². The Morgan fingerprint density at radius 2 is 1.04 bits per heavy atom. The first-order valence-electron chi connectivity index (χ1n) is 21.2. The summed E-state index contributed by atoms with van der Waals surface area (Å²) < 4.78 is 17.3. The molecule has 0 radical (unpaired) electrons. The van der Waals surface area contributed by atoms with Gasteiger partial charge >= 0.3 is 0 Å². The summed E-state index contributed by atoms with van der Waals surface area (Å²) in [5.74, 6) is -1.32. The summed E-state index contributed by atoms with van der Waals surface area (Å²) in [7, 11) is 0. The van der Waals surface area contributed by atoms with Gasteiger partial charge in [0.15, 0.2) is 0 Å². The van der Waals surface area contributed by atoms with Crippen molar-refractivity contribution in [3.63, 3.8) is 0 Å². The molecule has 0 spiro atoms. The number of amides is 3. The first kappa shape index (κ1) is 49.2. The first-order valence-corrected chi connectivity index (χ1v) is 21.2. The Bertz CT molecular complexity index is 786. The van der Waals surface area contributed by atoms with Crippen molar-refractivity contribution in [2.24, 2.45) is 5.73 Å². The molecule has 0 aliphatic heterocycles. The average Bonchev–Trinajstić information content (AvgIpc) is 3.12. The van der Waals surface area contributed by atoms with Crippen LogP contribution in [-0.2, 0) is 28.6 Å². The number of aliphatic hydroxyl groups excluding tert-OH is 1. The lowest BCUT2D eigenvalue weighted by atomic mass is 10.1. The number of nitrogens with one attached hydrogen (secondary N) is 2. The van der Waals surface area contributed by atoms with Gasteiger partial charge in [-0.1, -0.05) is 155 Å². The third kappa shape index (κ3) is 36.4. The molecule has 0 aromatic carbocycles. The van der Waals surface area contributed by atoms with E-state index in [-0.39, 0.29) is 51.1 Å². The summed E-state index contributed by atoms with van der Waals surface area (Å²) >= 11 is 0. The zero-order valence-electron chi connectivity index (χ0n) is 33.2. The summed E-state index contributed by atoms with van der Waals surface area (Å²) in [6, 6.07) is -0.946. The van der Waals surface area contributed by atoms with E-state index in [1.807, 2.05) is 0 Å². The molecular weight excluding hydrogens is 646 g/mol. The normalized spacial score (nSPS) is 12.5. The number of hydrogen-bond donors (Lipinski definition) is 4. The Labute approximate surface area is 312 Å². The maximum atomic E-state index is 12.7. The number of carbonyl (C=O) groups excluding carboxylic acids is 3. The highest BCUT2D eigenvalue weighted by Crippen LogP contribution is 2.13. The highest BCUT2D eigenvalue weighted by Gasteiger charge is 2.20. The Balaban J connectivity index is 4.41. The van der Waals surface area contributed by atoms with Gasteiger partial charge in [0.1, 0.15) is 6.04 Å². The van der Waals surface area contributed by atoms with E-state index in [1.165, 1.54) is 135 Å². The highest BCUT2D eigenvalue weighted by molar-refractivity contribution is 5.87. The minimum Gasteiger partial charge on any atom is -0.394 e. The number of aliphatic hydroxyl groups is 1. The summed E-state index contributed by atoms with van der Waals surface area (Å²) in [4.78, 5) is 36.7. The van der Waals surface area contributed by atoms with Gasteiger partial charge in [0, 0.05) is 32.6 Å². The second kappa shape index (κ2) is 39.5. The summed E-state index contributed by atoms with van der Waals surface area (Å²) in [6.45, 7) is 6.74. The molecule has 302 valence electrons. The highest BCUT2D eigenvalue weighted by atomic mass is 16.5. The molecule has 3 amide bonds. The van der Waals surface area contributed by atoms with E-state index >= 15 is 0 Å². The fraction of sp³-hybridized carbons (Fsp3) is 0.927.